The van der Waals surface area contributed by atoms with Crippen LogP contribution in [0.4, 0.5) is 0 Å². The highest BCUT2D eigenvalue weighted by Gasteiger charge is 2.22. The van der Waals surface area contributed by atoms with Crippen LogP contribution < -0.4 is 10.1 Å². The van der Waals surface area contributed by atoms with Gasteiger partial charge in [0.05, 0.1) is 25.6 Å². The van der Waals surface area contributed by atoms with Crippen molar-refractivity contribution < 1.29 is 9.47 Å². The van der Waals surface area contributed by atoms with Crippen molar-refractivity contribution in [3.63, 3.8) is 0 Å². The van der Waals surface area contributed by atoms with E-state index in [1.807, 2.05) is 7.05 Å². The van der Waals surface area contributed by atoms with Crippen molar-refractivity contribution in [3.8, 4) is 5.75 Å². The Morgan fingerprint density at radius 3 is 2.93 bits per heavy atom. The van der Waals surface area contributed by atoms with Gasteiger partial charge in [0.15, 0.2) is 5.75 Å². The zero-order valence-electron chi connectivity index (χ0n) is 8.72. The van der Waals surface area contributed by atoms with Crippen molar-refractivity contribution in [1.29, 1.82) is 0 Å². The number of likely N-dealkylation sites (N-methyl/N-ethyl adjacent to an activating group) is 1. The molecule has 15 heavy (non-hydrogen) atoms. The molecule has 1 aromatic rings. The van der Waals surface area contributed by atoms with Gasteiger partial charge in [-0.1, -0.05) is 0 Å². The molecule has 1 fully saturated rings. The molecule has 0 saturated carbocycles. The molecule has 2 heterocycles. The first kappa shape index (κ1) is 10.3. The fourth-order valence-electron chi connectivity index (χ4n) is 1.62. The van der Waals surface area contributed by atoms with Crippen molar-refractivity contribution in [2.24, 2.45) is 0 Å². The summed E-state index contributed by atoms with van der Waals surface area (Å²) in [6.45, 7) is 1.38. The first-order valence-electron chi connectivity index (χ1n) is 5.05. The molecule has 0 spiro atoms. The second-order valence-corrected chi connectivity index (χ2v) is 3.57. The molecule has 82 valence electrons. The molecule has 2 rings (SSSR count). The average molecular weight is 209 g/mol. The average Bonchev–Trinajstić information content (AvgIpc) is 2.31. The zero-order chi connectivity index (χ0) is 10.5. The monoisotopic (exact) mass is 209 g/mol. The van der Waals surface area contributed by atoms with Crippen LogP contribution in [-0.4, -0.2) is 42.4 Å². The highest BCUT2D eigenvalue weighted by Crippen LogP contribution is 2.14. The summed E-state index contributed by atoms with van der Waals surface area (Å²) in [5, 5.41) is 3.18. The maximum absolute atomic E-state index is 5.70. The van der Waals surface area contributed by atoms with Crippen LogP contribution >= 0.6 is 0 Å². The van der Waals surface area contributed by atoms with Gasteiger partial charge >= 0.3 is 0 Å². The fourth-order valence-corrected chi connectivity index (χ4v) is 1.62. The molecule has 5 nitrogen and oxygen atoms in total. The lowest BCUT2D eigenvalue weighted by molar-refractivity contribution is -0.00985. The van der Waals surface area contributed by atoms with Crippen molar-refractivity contribution in [3.05, 3.63) is 18.7 Å². The van der Waals surface area contributed by atoms with E-state index in [0.29, 0.717) is 18.4 Å². The number of nitrogens with one attached hydrogen (secondary N) is 1. The van der Waals surface area contributed by atoms with Gasteiger partial charge < -0.3 is 14.8 Å². The minimum absolute atomic E-state index is 0.0854. The first-order chi connectivity index (χ1) is 7.38. The smallest absolute Gasteiger partial charge is 0.156 e. The molecule has 1 aliphatic rings. The summed E-state index contributed by atoms with van der Waals surface area (Å²) in [6.07, 6.45) is 5.85. The molecule has 1 N–H and O–H groups in total. The maximum atomic E-state index is 5.70. The van der Waals surface area contributed by atoms with Crippen LogP contribution in [0.25, 0.3) is 0 Å². The van der Waals surface area contributed by atoms with E-state index in [0.717, 1.165) is 13.0 Å². The highest BCUT2D eigenvalue weighted by atomic mass is 16.5. The SMILES string of the molecule is CNC1COCC(Oc2cncnc2)C1. The predicted octanol–water partition coefficient (Wildman–Crippen LogP) is 0.232. The third-order valence-electron chi connectivity index (χ3n) is 2.42. The van der Waals surface area contributed by atoms with Crippen molar-refractivity contribution in [1.82, 2.24) is 15.3 Å². The third kappa shape index (κ3) is 2.87. The standard InChI is InChI=1S/C10H15N3O2/c1-11-8-2-9(6-14-5-8)15-10-3-12-7-13-4-10/h3-4,7-9,11H,2,5-6H2,1H3. The lowest BCUT2D eigenvalue weighted by atomic mass is 10.1. The summed E-state index contributed by atoms with van der Waals surface area (Å²) in [4.78, 5) is 7.79. The molecule has 5 heteroatoms. The van der Waals surface area contributed by atoms with Gasteiger partial charge in [0.1, 0.15) is 12.4 Å². The van der Waals surface area contributed by atoms with E-state index in [4.69, 9.17) is 9.47 Å². The molecule has 0 radical (unpaired) electrons. The van der Waals surface area contributed by atoms with E-state index in [1.165, 1.54) is 6.33 Å². The van der Waals surface area contributed by atoms with Crippen LogP contribution in [0, 0.1) is 0 Å². The molecule has 0 aliphatic carbocycles. The van der Waals surface area contributed by atoms with Gasteiger partial charge in [-0.2, -0.15) is 0 Å². The quantitative estimate of drug-likeness (QED) is 0.772. The van der Waals surface area contributed by atoms with Gasteiger partial charge in [-0.3, -0.25) is 0 Å². The van der Waals surface area contributed by atoms with Gasteiger partial charge in [-0.15, -0.1) is 0 Å². The van der Waals surface area contributed by atoms with Gasteiger partial charge in [-0.05, 0) is 7.05 Å². The maximum Gasteiger partial charge on any atom is 0.156 e. The largest absolute Gasteiger partial charge is 0.485 e. The number of rotatable bonds is 3. The zero-order valence-corrected chi connectivity index (χ0v) is 8.72. The Labute approximate surface area is 88.8 Å². The van der Waals surface area contributed by atoms with Crippen LogP contribution in [0.15, 0.2) is 18.7 Å². The fraction of sp³-hybridized carbons (Fsp3) is 0.600. The molecule has 0 bridgehead atoms. The summed E-state index contributed by atoms with van der Waals surface area (Å²) in [5.41, 5.74) is 0. The Morgan fingerprint density at radius 1 is 1.40 bits per heavy atom. The minimum atomic E-state index is 0.0854. The van der Waals surface area contributed by atoms with Crippen LogP contribution in [0.5, 0.6) is 5.75 Å². The van der Waals surface area contributed by atoms with Crippen LogP contribution in [0.2, 0.25) is 0 Å². The van der Waals surface area contributed by atoms with Crippen LogP contribution in [0.3, 0.4) is 0 Å². The van der Waals surface area contributed by atoms with Crippen molar-refractivity contribution in [2.45, 2.75) is 18.6 Å². The van der Waals surface area contributed by atoms with E-state index in [9.17, 15) is 0 Å². The van der Waals surface area contributed by atoms with Gasteiger partial charge in [0.2, 0.25) is 0 Å². The van der Waals surface area contributed by atoms with E-state index >= 15 is 0 Å². The van der Waals surface area contributed by atoms with Gasteiger partial charge in [-0.25, -0.2) is 9.97 Å². The predicted molar refractivity (Wildman–Crippen MR) is 54.7 cm³/mol. The number of nitrogens with zero attached hydrogens (tertiary/aromatic N) is 2. The molecular weight excluding hydrogens is 194 g/mol. The molecule has 1 aromatic heterocycles. The van der Waals surface area contributed by atoms with E-state index in [-0.39, 0.29) is 6.10 Å². The number of aromatic nitrogens is 2. The third-order valence-corrected chi connectivity index (χ3v) is 2.42. The summed E-state index contributed by atoms with van der Waals surface area (Å²) in [6, 6.07) is 0.369. The van der Waals surface area contributed by atoms with Gasteiger partial charge in [0.25, 0.3) is 0 Å². The molecule has 1 saturated heterocycles. The Balaban J connectivity index is 1.89. The second kappa shape index (κ2) is 5.04. The van der Waals surface area contributed by atoms with E-state index in [1.54, 1.807) is 12.4 Å². The van der Waals surface area contributed by atoms with Crippen LogP contribution in [0.1, 0.15) is 6.42 Å². The van der Waals surface area contributed by atoms with Crippen LogP contribution in [-0.2, 0) is 4.74 Å². The van der Waals surface area contributed by atoms with Gasteiger partial charge in [0, 0.05) is 12.5 Å². The molecule has 0 amide bonds. The summed E-state index contributed by atoms with van der Waals surface area (Å²) < 4.78 is 11.1. The number of hydrogen-bond donors (Lipinski definition) is 1. The van der Waals surface area contributed by atoms with Crippen molar-refractivity contribution >= 4 is 0 Å². The molecule has 2 unspecified atom stereocenters. The lowest BCUT2D eigenvalue weighted by Crippen LogP contribution is -2.43. The Kier molecular flexibility index (Phi) is 3.47. The number of hydrogen-bond acceptors (Lipinski definition) is 5. The molecule has 0 aromatic carbocycles. The molecule has 1 aliphatic heterocycles. The molecular formula is C10H15N3O2. The Bertz CT molecular complexity index is 294. The van der Waals surface area contributed by atoms with E-state index < -0.39 is 0 Å². The summed E-state index contributed by atoms with van der Waals surface area (Å²) in [5.74, 6) is 0.697. The Morgan fingerprint density at radius 2 is 2.20 bits per heavy atom. The summed E-state index contributed by atoms with van der Waals surface area (Å²) in [7, 11) is 1.93. The van der Waals surface area contributed by atoms with Crippen molar-refractivity contribution in [2.75, 3.05) is 20.3 Å². The normalized spacial score (nSPS) is 26.2. The highest BCUT2D eigenvalue weighted by molar-refractivity contribution is 5.10. The number of ether oxygens (including phenoxy) is 2. The summed E-state index contributed by atoms with van der Waals surface area (Å²) >= 11 is 0. The Hall–Kier alpha value is -1.20. The lowest BCUT2D eigenvalue weighted by Gasteiger charge is -2.29. The van der Waals surface area contributed by atoms with E-state index in [2.05, 4.69) is 15.3 Å². The molecule has 2 atom stereocenters. The first-order valence-corrected chi connectivity index (χ1v) is 5.05. The second-order valence-electron chi connectivity index (χ2n) is 3.57. The topological polar surface area (TPSA) is 56.3 Å². The minimum Gasteiger partial charge on any atom is -0.485 e.